The molecule has 0 saturated heterocycles. The molecule has 0 spiro atoms. The van der Waals surface area contributed by atoms with Gasteiger partial charge in [-0.2, -0.15) is 0 Å². The molecule has 5 aromatic rings. The SMILES string of the molecule is Fc1cccnc1CNc1ncnc2sc(CCNCc3ncc(-c4ccccc4)[nH]3)nc12. The molecule has 0 saturated carbocycles. The predicted octanol–water partition coefficient (Wildman–Crippen LogP) is 3.95. The summed E-state index contributed by atoms with van der Waals surface area (Å²) in [5.41, 5.74) is 3.13. The molecular formula is C23H21FN8S. The number of nitrogens with one attached hydrogen (secondary N) is 3. The lowest BCUT2D eigenvalue weighted by atomic mass is 10.2. The molecular weight excluding hydrogens is 439 g/mol. The van der Waals surface area contributed by atoms with Gasteiger partial charge in [-0.3, -0.25) is 4.98 Å². The van der Waals surface area contributed by atoms with Gasteiger partial charge < -0.3 is 15.6 Å². The van der Waals surface area contributed by atoms with E-state index in [1.807, 2.05) is 24.4 Å². The third-order valence-corrected chi connectivity index (χ3v) is 6.04. The van der Waals surface area contributed by atoms with Crippen LogP contribution in [0.2, 0.25) is 0 Å². The maximum Gasteiger partial charge on any atom is 0.157 e. The summed E-state index contributed by atoms with van der Waals surface area (Å²) in [6.45, 7) is 1.61. The highest BCUT2D eigenvalue weighted by molar-refractivity contribution is 7.18. The number of anilines is 1. The normalized spacial score (nSPS) is 11.2. The lowest BCUT2D eigenvalue weighted by Crippen LogP contribution is -2.17. The average Bonchev–Trinajstić information content (AvgIpc) is 3.49. The van der Waals surface area contributed by atoms with Crippen molar-refractivity contribution in [3.05, 3.63) is 83.5 Å². The van der Waals surface area contributed by atoms with Crippen molar-refractivity contribution < 1.29 is 4.39 Å². The number of nitrogens with zero attached hydrogens (tertiary/aromatic N) is 5. The summed E-state index contributed by atoms with van der Waals surface area (Å²) in [6.07, 6.45) is 5.65. The molecule has 0 aliphatic rings. The molecule has 4 heterocycles. The quantitative estimate of drug-likeness (QED) is 0.286. The third kappa shape index (κ3) is 5.02. The minimum Gasteiger partial charge on any atom is -0.362 e. The van der Waals surface area contributed by atoms with Crippen molar-refractivity contribution in [2.45, 2.75) is 19.5 Å². The first-order valence-corrected chi connectivity index (χ1v) is 11.3. The lowest BCUT2D eigenvalue weighted by Gasteiger charge is -2.05. The standard InChI is InChI=1S/C23H21FN8S/c24-16-7-4-9-26-18(16)12-28-22-21-23(30-14-29-22)33-20(32-21)8-10-25-13-19-27-11-17(31-19)15-5-2-1-3-6-15/h1-7,9,11,14,25H,8,10,12-13H2,(H,27,31)(H,28,29,30). The van der Waals surface area contributed by atoms with E-state index in [1.54, 1.807) is 12.3 Å². The first-order valence-electron chi connectivity index (χ1n) is 10.5. The number of aromatic amines is 1. The van der Waals surface area contributed by atoms with Crippen LogP contribution in [0.15, 0.2) is 61.2 Å². The van der Waals surface area contributed by atoms with E-state index < -0.39 is 0 Å². The van der Waals surface area contributed by atoms with E-state index >= 15 is 0 Å². The summed E-state index contributed by atoms with van der Waals surface area (Å²) in [4.78, 5) is 25.9. The van der Waals surface area contributed by atoms with Crippen LogP contribution >= 0.6 is 11.3 Å². The number of hydrogen-bond acceptors (Lipinski definition) is 8. The highest BCUT2D eigenvalue weighted by Gasteiger charge is 2.12. The molecule has 8 nitrogen and oxygen atoms in total. The van der Waals surface area contributed by atoms with Crippen molar-refractivity contribution in [2.75, 3.05) is 11.9 Å². The Morgan fingerprint density at radius 3 is 2.76 bits per heavy atom. The number of benzene rings is 1. The first-order chi connectivity index (χ1) is 16.3. The van der Waals surface area contributed by atoms with Crippen LogP contribution in [0.4, 0.5) is 10.2 Å². The van der Waals surface area contributed by atoms with Gasteiger partial charge in [-0.05, 0) is 17.7 Å². The molecule has 0 fully saturated rings. The van der Waals surface area contributed by atoms with E-state index in [0.717, 1.165) is 39.9 Å². The number of pyridine rings is 1. The van der Waals surface area contributed by atoms with Crippen molar-refractivity contribution in [3.8, 4) is 11.3 Å². The number of fused-ring (bicyclic) bond motifs is 1. The van der Waals surface area contributed by atoms with Gasteiger partial charge in [-0.25, -0.2) is 24.3 Å². The molecule has 1 aromatic carbocycles. The Kier molecular flexibility index (Phi) is 6.27. The monoisotopic (exact) mass is 460 g/mol. The van der Waals surface area contributed by atoms with Gasteiger partial charge in [0.1, 0.15) is 28.3 Å². The van der Waals surface area contributed by atoms with E-state index in [1.165, 1.54) is 23.7 Å². The molecule has 0 unspecified atom stereocenters. The van der Waals surface area contributed by atoms with Crippen molar-refractivity contribution >= 4 is 27.5 Å². The van der Waals surface area contributed by atoms with Gasteiger partial charge in [0.15, 0.2) is 5.82 Å². The largest absolute Gasteiger partial charge is 0.362 e. The summed E-state index contributed by atoms with van der Waals surface area (Å²) in [5.74, 6) is 1.11. The van der Waals surface area contributed by atoms with Crippen LogP contribution in [0.3, 0.4) is 0 Å². The third-order valence-electron chi connectivity index (χ3n) is 5.02. The fourth-order valence-corrected chi connectivity index (χ4v) is 4.27. The smallest absolute Gasteiger partial charge is 0.157 e. The number of hydrogen-bond donors (Lipinski definition) is 3. The van der Waals surface area contributed by atoms with Crippen molar-refractivity contribution in [3.63, 3.8) is 0 Å². The fourth-order valence-electron chi connectivity index (χ4n) is 3.37. The van der Waals surface area contributed by atoms with E-state index in [0.29, 0.717) is 23.6 Å². The van der Waals surface area contributed by atoms with Crippen LogP contribution in [-0.2, 0) is 19.5 Å². The zero-order chi connectivity index (χ0) is 22.5. The molecule has 166 valence electrons. The summed E-state index contributed by atoms with van der Waals surface area (Å²) in [6, 6.07) is 13.1. The Morgan fingerprint density at radius 1 is 0.970 bits per heavy atom. The molecule has 10 heteroatoms. The Hall–Kier alpha value is -3.76. The minimum atomic E-state index is -0.354. The second-order valence-corrected chi connectivity index (χ2v) is 8.37. The molecule has 0 bridgehead atoms. The molecule has 0 radical (unpaired) electrons. The molecule has 3 N–H and O–H groups in total. The van der Waals surface area contributed by atoms with E-state index in [4.69, 9.17) is 0 Å². The van der Waals surface area contributed by atoms with Crippen LogP contribution in [-0.4, -0.2) is 36.4 Å². The van der Waals surface area contributed by atoms with Gasteiger partial charge in [0, 0.05) is 19.2 Å². The van der Waals surface area contributed by atoms with Gasteiger partial charge in [-0.15, -0.1) is 0 Å². The first kappa shape index (κ1) is 21.1. The van der Waals surface area contributed by atoms with E-state index in [-0.39, 0.29) is 12.4 Å². The van der Waals surface area contributed by atoms with Gasteiger partial charge >= 0.3 is 0 Å². The molecule has 33 heavy (non-hydrogen) atoms. The Bertz CT molecular complexity index is 1350. The Balaban J connectivity index is 1.17. The average molecular weight is 461 g/mol. The number of thiazole rings is 1. The van der Waals surface area contributed by atoms with Crippen LogP contribution in [0, 0.1) is 5.82 Å². The maximum absolute atomic E-state index is 13.8. The van der Waals surface area contributed by atoms with E-state index in [9.17, 15) is 4.39 Å². The van der Waals surface area contributed by atoms with Gasteiger partial charge in [0.05, 0.1) is 35.7 Å². The zero-order valence-electron chi connectivity index (χ0n) is 17.6. The van der Waals surface area contributed by atoms with Gasteiger partial charge in [0.2, 0.25) is 0 Å². The number of halogens is 1. The number of rotatable bonds is 9. The van der Waals surface area contributed by atoms with Gasteiger partial charge in [0.25, 0.3) is 0 Å². The molecule has 5 rings (SSSR count). The zero-order valence-corrected chi connectivity index (χ0v) is 18.4. The predicted molar refractivity (Wildman–Crippen MR) is 126 cm³/mol. The number of aromatic nitrogens is 6. The number of imidazole rings is 1. The topological polar surface area (TPSA) is 104 Å². The fraction of sp³-hybridized carbons (Fsp3) is 0.174. The number of H-pyrrole nitrogens is 1. The maximum atomic E-state index is 13.8. The highest BCUT2D eigenvalue weighted by atomic mass is 32.1. The lowest BCUT2D eigenvalue weighted by molar-refractivity contribution is 0.602. The molecule has 0 aliphatic carbocycles. The van der Waals surface area contributed by atoms with Crippen LogP contribution in [0.1, 0.15) is 16.5 Å². The summed E-state index contributed by atoms with van der Waals surface area (Å²) in [5, 5.41) is 7.48. The van der Waals surface area contributed by atoms with Crippen molar-refractivity contribution in [1.29, 1.82) is 0 Å². The Labute approximate surface area is 193 Å². The van der Waals surface area contributed by atoms with Crippen LogP contribution < -0.4 is 10.6 Å². The highest BCUT2D eigenvalue weighted by Crippen LogP contribution is 2.25. The summed E-state index contributed by atoms with van der Waals surface area (Å²) >= 11 is 1.53. The van der Waals surface area contributed by atoms with Crippen LogP contribution in [0.5, 0.6) is 0 Å². The minimum absolute atomic E-state index is 0.224. The van der Waals surface area contributed by atoms with Crippen molar-refractivity contribution in [1.82, 2.24) is 35.2 Å². The molecule has 0 atom stereocenters. The van der Waals surface area contributed by atoms with E-state index in [2.05, 4.69) is 52.7 Å². The second-order valence-electron chi connectivity index (χ2n) is 7.31. The summed E-state index contributed by atoms with van der Waals surface area (Å²) in [7, 11) is 0. The van der Waals surface area contributed by atoms with Crippen molar-refractivity contribution in [2.24, 2.45) is 0 Å². The molecule has 0 amide bonds. The van der Waals surface area contributed by atoms with Gasteiger partial charge in [-0.1, -0.05) is 41.7 Å². The second kappa shape index (κ2) is 9.80. The molecule has 0 aliphatic heterocycles. The van der Waals surface area contributed by atoms with Crippen LogP contribution in [0.25, 0.3) is 21.6 Å². The molecule has 4 aromatic heterocycles. The Morgan fingerprint density at radius 2 is 1.88 bits per heavy atom. The summed E-state index contributed by atoms with van der Waals surface area (Å²) < 4.78 is 13.8.